The number of Topliss-reactive ketones (excluding diaryl/α,β-unsaturated/α-hetero) is 1. The van der Waals surface area contributed by atoms with Crippen LogP contribution in [0.15, 0.2) is 54.1 Å². The van der Waals surface area contributed by atoms with Crippen LogP contribution in [-0.4, -0.2) is 11.8 Å². The maximum atomic E-state index is 12.8. The molecule has 3 rings (SSSR count). The van der Waals surface area contributed by atoms with Gasteiger partial charge in [-0.15, -0.1) is 0 Å². The largest absolute Gasteiger partial charge is 0.422 e. The molecular formula is C16H9FO3. The van der Waals surface area contributed by atoms with Gasteiger partial charge in [0.1, 0.15) is 17.1 Å². The molecule has 0 amide bonds. The van der Waals surface area contributed by atoms with E-state index in [1.807, 2.05) is 0 Å². The van der Waals surface area contributed by atoms with Gasteiger partial charge >= 0.3 is 5.97 Å². The average Bonchev–Trinajstić information content (AvgIpc) is 2.45. The van der Waals surface area contributed by atoms with Gasteiger partial charge in [0.25, 0.3) is 0 Å². The van der Waals surface area contributed by atoms with Gasteiger partial charge in [-0.2, -0.15) is 0 Å². The number of para-hydroxylation sites is 1. The Hall–Kier alpha value is -2.75. The number of carbonyl (C=O) groups excluding carboxylic acids is 2. The third-order valence-electron chi connectivity index (χ3n) is 2.98. The van der Waals surface area contributed by atoms with Gasteiger partial charge in [0.15, 0.2) is 0 Å². The van der Waals surface area contributed by atoms with Crippen LogP contribution >= 0.6 is 0 Å². The van der Waals surface area contributed by atoms with Gasteiger partial charge in [0.05, 0.1) is 5.56 Å². The molecule has 2 aromatic rings. The van der Waals surface area contributed by atoms with E-state index < -0.39 is 5.97 Å². The Morgan fingerprint density at radius 3 is 2.40 bits per heavy atom. The van der Waals surface area contributed by atoms with Gasteiger partial charge < -0.3 is 4.74 Å². The molecule has 0 aliphatic carbocycles. The van der Waals surface area contributed by atoms with Crippen molar-refractivity contribution in [2.75, 3.05) is 0 Å². The second kappa shape index (κ2) is 4.74. The summed E-state index contributed by atoms with van der Waals surface area (Å²) in [6.07, 6.45) is 1.40. The molecule has 0 bridgehead atoms. The van der Waals surface area contributed by atoms with Crippen LogP contribution in [0.5, 0.6) is 5.75 Å². The maximum absolute atomic E-state index is 12.8. The van der Waals surface area contributed by atoms with Crippen LogP contribution in [0.3, 0.4) is 0 Å². The minimum atomic E-state index is -0.696. The van der Waals surface area contributed by atoms with Crippen LogP contribution in [-0.2, 0) is 4.79 Å². The normalized spacial score (nSPS) is 15.9. The first-order valence-corrected chi connectivity index (χ1v) is 5.98. The summed E-state index contributed by atoms with van der Waals surface area (Å²) in [6.45, 7) is 0. The summed E-state index contributed by atoms with van der Waals surface area (Å²) < 4.78 is 17.9. The Bertz CT molecular complexity index is 730. The van der Waals surface area contributed by atoms with E-state index in [0.29, 0.717) is 11.1 Å². The summed E-state index contributed by atoms with van der Waals surface area (Å²) in [5.74, 6) is -1.20. The van der Waals surface area contributed by atoms with E-state index in [1.54, 1.807) is 24.3 Å². The summed E-state index contributed by atoms with van der Waals surface area (Å²) in [4.78, 5) is 24.1. The number of hydrogen-bond donors (Lipinski definition) is 0. The van der Waals surface area contributed by atoms with Crippen molar-refractivity contribution in [3.63, 3.8) is 0 Å². The standard InChI is InChI=1S/C16H9FO3/c17-11-7-5-10(6-8-11)9-13-15(18)12-3-1-2-4-14(12)20-16(13)19/h1-9H/b13-9+. The summed E-state index contributed by atoms with van der Waals surface area (Å²) in [7, 11) is 0. The van der Waals surface area contributed by atoms with Crippen LogP contribution in [0.2, 0.25) is 0 Å². The molecule has 1 aliphatic heterocycles. The first-order valence-electron chi connectivity index (χ1n) is 5.98. The molecule has 0 spiro atoms. The molecule has 0 atom stereocenters. The molecule has 0 fully saturated rings. The Labute approximate surface area is 114 Å². The lowest BCUT2D eigenvalue weighted by molar-refractivity contribution is -0.130. The van der Waals surface area contributed by atoms with Crippen LogP contribution in [0, 0.1) is 5.82 Å². The quantitative estimate of drug-likeness (QED) is 0.345. The molecule has 4 heteroatoms. The van der Waals surface area contributed by atoms with E-state index in [4.69, 9.17) is 4.74 Å². The first-order chi connectivity index (χ1) is 9.65. The lowest BCUT2D eigenvalue weighted by atomic mass is 9.98. The molecule has 0 saturated heterocycles. The summed E-state index contributed by atoms with van der Waals surface area (Å²) in [5, 5.41) is 0. The molecule has 1 aliphatic rings. The zero-order valence-electron chi connectivity index (χ0n) is 10.3. The Balaban J connectivity index is 2.04. The van der Waals surface area contributed by atoms with Crippen LogP contribution in [0.4, 0.5) is 4.39 Å². The zero-order chi connectivity index (χ0) is 14.1. The van der Waals surface area contributed by atoms with Crippen molar-refractivity contribution >= 4 is 17.8 Å². The van der Waals surface area contributed by atoms with Gasteiger partial charge in [-0.1, -0.05) is 24.3 Å². The van der Waals surface area contributed by atoms with Gasteiger partial charge in [0.2, 0.25) is 5.78 Å². The molecule has 98 valence electrons. The topological polar surface area (TPSA) is 43.4 Å². The highest BCUT2D eigenvalue weighted by Crippen LogP contribution is 2.28. The number of halogens is 1. The first kappa shape index (κ1) is 12.3. The van der Waals surface area contributed by atoms with Crippen molar-refractivity contribution in [1.82, 2.24) is 0 Å². The molecule has 0 unspecified atom stereocenters. The van der Waals surface area contributed by atoms with Gasteiger partial charge in [0, 0.05) is 0 Å². The van der Waals surface area contributed by atoms with Gasteiger partial charge in [-0.05, 0) is 35.9 Å². The minimum absolute atomic E-state index is 0.0599. The number of fused-ring (bicyclic) bond motifs is 1. The van der Waals surface area contributed by atoms with Crippen molar-refractivity contribution in [1.29, 1.82) is 0 Å². The third kappa shape index (κ3) is 2.12. The highest BCUT2D eigenvalue weighted by atomic mass is 19.1. The smallest absolute Gasteiger partial charge is 0.347 e. The number of hydrogen-bond acceptors (Lipinski definition) is 3. The van der Waals surface area contributed by atoms with E-state index >= 15 is 0 Å². The van der Waals surface area contributed by atoms with E-state index in [0.717, 1.165) is 0 Å². The molecule has 0 saturated carbocycles. The second-order valence-electron chi connectivity index (χ2n) is 4.32. The molecule has 1 heterocycles. The molecule has 0 aromatic heterocycles. The van der Waals surface area contributed by atoms with Gasteiger partial charge in [-0.25, -0.2) is 9.18 Å². The molecule has 3 nitrogen and oxygen atoms in total. The predicted octanol–water partition coefficient (Wildman–Crippen LogP) is 3.01. The third-order valence-corrected chi connectivity index (χ3v) is 2.98. The van der Waals surface area contributed by atoms with E-state index in [-0.39, 0.29) is 22.9 Å². The van der Waals surface area contributed by atoms with Crippen LogP contribution in [0.1, 0.15) is 15.9 Å². The zero-order valence-corrected chi connectivity index (χ0v) is 10.3. The van der Waals surface area contributed by atoms with Crippen molar-refractivity contribution in [3.8, 4) is 5.75 Å². The van der Waals surface area contributed by atoms with E-state index in [1.165, 1.54) is 30.3 Å². The highest BCUT2D eigenvalue weighted by Gasteiger charge is 2.30. The van der Waals surface area contributed by atoms with Crippen LogP contribution < -0.4 is 4.74 Å². The van der Waals surface area contributed by atoms with Crippen molar-refractivity contribution in [2.24, 2.45) is 0 Å². The fourth-order valence-corrected chi connectivity index (χ4v) is 1.99. The number of ether oxygens (including phenoxy) is 1. The molecule has 0 N–H and O–H groups in total. The number of benzene rings is 2. The summed E-state index contributed by atoms with van der Waals surface area (Å²) in [6, 6.07) is 12.1. The Morgan fingerprint density at radius 1 is 0.950 bits per heavy atom. The maximum Gasteiger partial charge on any atom is 0.347 e. The Kier molecular flexibility index (Phi) is 2.91. The monoisotopic (exact) mass is 268 g/mol. The minimum Gasteiger partial charge on any atom is -0.422 e. The fraction of sp³-hybridized carbons (Fsp3) is 0. The summed E-state index contributed by atoms with van der Waals surface area (Å²) >= 11 is 0. The van der Waals surface area contributed by atoms with Crippen molar-refractivity contribution < 1.29 is 18.7 Å². The number of esters is 1. The molecule has 0 radical (unpaired) electrons. The number of rotatable bonds is 1. The SMILES string of the molecule is O=C1Oc2ccccc2C(=O)/C1=C\c1ccc(F)cc1. The Morgan fingerprint density at radius 2 is 1.65 bits per heavy atom. The number of ketones is 1. The van der Waals surface area contributed by atoms with E-state index in [9.17, 15) is 14.0 Å². The second-order valence-corrected chi connectivity index (χ2v) is 4.32. The van der Waals surface area contributed by atoms with E-state index in [2.05, 4.69) is 0 Å². The molecule has 2 aromatic carbocycles. The lowest BCUT2D eigenvalue weighted by Crippen LogP contribution is -2.24. The van der Waals surface area contributed by atoms with Crippen LogP contribution in [0.25, 0.3) is 6.08 Å². The van der Waals surface area contributed by atoms with Gasteiger partial charge in [-0.3, -0.25) is 4.79 Å². The fourth-order valence-electron chi connectivity index (χ4n) is 1.99. The lowest BCUT2D eigenvalue weighted by Gasteiger charge is -2.16. The summed E-state index contributed by atoms with van der Waals surface area (Å²) in [5.41, 5.74) is 0.849. The number of carbonyl (C=O) groups is 2. The molecular weight excluding hydrogens is 259 g/mol. The molecule has 20 heavy (non-hydrogen) atoms. The van der Waals surface area contributed by atoms with Crippen molar-refractivity contribution in [2.45, 2.75) is 0 Å². The highest BCUT2D eigenvalue weighted by molar-refractivity contribution is 6.30. The van der Waals surface area contributed by atoms with Crippen molar-refractivity contribution in [3.05, 3.63) is 71.0 Å². The predicted molar refractivity (Wildman–Crippen MR) is 70.8 cm³/mol. The average molecular weight is 268 g/mol.